The zero-order valence-electron chi connectivity index (χ0n) is 13.5. The van der Waals surface area contributed by atoms with Crippen molar-refractivity contribution in [2.45, 2.75) is 20.0 Å². The average molecular weight is 391 g/mol. The van der Waals surface area contributed by atoms with E-state index in [2.05, 4.69) is 11.3 Å². The Hall–Kier alpha value is -2.25. The van der Waals surface area contributed by atoms with Crippen LogP contribution >= 0.6 is 23.2 Å². The van der Waals surface area contributed by atoms with Crippen molar-refractivity contribution >= 4 is 41.1 Å². The molecule has 0 N–H and O–H groups in total. The van der Waals surface area contributed by atoms with Crippen molar-refractivity contribution in [3.05, 3.63) is 40.6 Å². The predicted molar refractivity (Wildman–Crippen MR) is 89.4 cm³/mol. The quantitative estimate of drug-likeness (QED) is 0.383. The first-order valence-corrected chi connectivity index (χ1v) is 7.81. The minimum absolute atomic E-state index is 0.0388. The van der Waals surface area contributed by atoms with Gasteiger partial charge in [0.15, 0.2) is 12.4 Å². The smallest absolute Gasteiger partial charge is 0.355 e. The van der Waals surface area contributed by atoms with Crippen LogP contribution in [0.5, 0.6) is 5.75 Å². The maximum atomic E-state index is 11.9. The zero-order chi connectivity index (χ0) is 19.0. The number of halogens is 2. The van der Waals surface area contributed by atoms with Crippen LogP contribution in [0.15, 0.2) is 30.5 Å². The molecule has 9 heteroatoms. The molecule has 1 aromatic rings. The molecule has 136 valence electrons. The van der Waals surface area contributed by atoms with E-state index in [0.717, 1.165) is 6.92 Å². The van der Waals surface area contributed by atoms with E-state index in [1.165, 1.54) is 18.2 Å². The highest BCUT2D eigenvalue weighted by Crippen LogP contribution is 2.27. The number of hydrogen-bond donors (Lipinski definition) is 0. The molecule has 7 nitrogen and oxygen atoms in total. The second kappa shape index (κ2) is 9.90. The van der Waals surface area contributed by atoms with Gasteiger partial charge in [-0.2, -0.15) is 0 Å². The number of carbonyl (C=O) groups excluding carboxylic acids is 3. The third-order valence-corrected chi connectivity index (χ3v) is 3.09. The minimum Gasteiger partial charge on any atom is -0.480 e. The Balaban J connectivity index is 2.71. The first kappa shape index (κ1) is 20.8. The molecule has 1 aromatic carbocycles. The number of esters is 3. The van der Waals surface area contributed by atoms with Gasteiger partial charge in [0.1, 0.15) is 5.75 Å². The Bertz CT molecular complexity index is 672. The molecule has 0 saturated carbocycles. The molecule has 0 aliphatic rings. The van der Waals surface area contributed by atoms with Crippen molar-refractivity contribution in [2.75, 3.05) is 13.2 Å². The molecule has 0 amide bonds. The van der Waals surface area contributed by atoms with Crippen molar-refractivity contribution in [1.29, 1.82) is 0 Å². The largest absolute Gasteiger partial charge is 0.480 e. The molecular formula is C16H16Cl2O7. The van der Waals surface area contributed by atoms with Gasteiger partial charge in [-0.15, -0.1) is 0 Å². The first-order chi connectivity index (χ1) is 11.7. The summed E-state index contributed by atoms with van der Waals surface area (Å²) < 4.78 is 19.6. The van der Waals surface area contributed by atoms with Crippen LogP contribution < -0.4 is 4.74 Å². The van der Waals surface area contributed by atoms with E-state index < -0.39 is 30.6 Å². The summed E-state index contributed by atoms with van der Waals surface area (Å²) in [6.07, 6.45) is -1.60. The van der Waals surface area contributed by atoms with Crippen LogP contribution in [-0.4, -0.2) is 37.2 Å². The molecule has 0 heterocycles. The van der Waals surface area contributed by atoms with Gasteiger partial charge in [-0.05, 0) is 25.1 Å². The summed E-state index contributed by atoms with van der Waals surface area (Å²) in [6, 6.07) is 4.43. The molecule has 0 radical (unpaired) electrons. The van der Waals surface area contributed by atoms with Gasteiger partial charge in [0, 0.05) is 11.9 Å². The van der Waals surface area contributed by atoms with E-state index in [1.54, 1.807) is 6.92 Å². The van der Waals surface area contributed by atoms with Crippen molar-refractivity contribution in [2.24, 2.45) is 0 Å². The van der Waals surface area contributed by atoms with E-state index in [9.17, 15) is 14.4 Å². The monoisotopic (exact) mass is 390 g/mol. The molecule has 0 aliphatic carbocycles. The van der Waals surface area contributed by atoms with Gasteiger partial charge < -0.3 is 18.9 Å². The summed E-state index contributed by atoms with van der Waals surface area (Å²) in [6.45, 7) is 5.56. The lowest BCUT2D eigenvalue weighted by atomic mass is 10.3. The normalized spacial score (nSPS) is 11.2. The summed E-state index contributed by atoms with van der Waals surface area (Å²) in [7, 11) is 0. The van der Waals surface area contributed by atoms with Crippen LogP contribution in [0.2, 0.25) is 10.0 Å². The molecule has 1 atom stereocenters. The summed E-state index contributed by atoms with van der Waals surface area (Å²) in [4.78, 5) is 34.7. The molecular weight excluding hydrogens is 375 g/mol. The summed E-state index contributed by atoms with van der Waals surface area (Å²) in [5, 5.41) is 0.603. The maximum Gasteiger partial charge on any atom is 0.355 e. The SMILES string of the molecule is C=C(OC(C)=O)C(OC(=O)COc1ccc(Cl)cc1Cl)C(=O)OCC. The first-order valence-electron chi connectivity index (χ1n) is 7.05. The Labute approximate surface area is 154 Å². The molecule has 0 aromatic heterocycles. The number of ether oxygens (including phenoxy) is 4. The lowest BCUT2D eigenvalue weighted by Crippen LogP contribution is -2.34. The fourth-order valence-corrected chi connectivity index (χ4v) is 2.06. The summed E-state index contributed by atoms with van der Waals surface area (Å²) >= 11 is 11.7. The second-order valence-electron chi connectivity index (χ2n) is 4.55. The Morgan fingerprint density at radius 2 is 1.92 bits per heavy atom. The highest BCUT2D eigenvalue weighted by molar-refractivity contribution is 6.35. The third kappa shape index (κ3) is 7.03. The Morgan fingerprint density at radius 3 is 2.48 bits per heavy atom. The van der Waals surface area contributed by atoms with Crippen LogP contribution in [0.1, 0.15) is 13.8 Å². The zero-order valence-corrected chi connectivity index (χ0v) is 15.1. The lowest BCUT2D eigenvalue weighted by Gasteiger charge is -2.18. The lowest BCUT2D eigenvalue weighted by molar-refractivity contribution is -0.169. The molecule has 0 bridgehead atoms. The topological polar surface area (TPSA) is 88.1 Å². The average Bonchev–Trinajstić information content (AvgIpc) is 2.51. The van der Waals surface area contributed by atoms with Gasteiger partial charge in [-0.25, -0.2) is 9.59 Å². The summed E-state index contributed by atoms with van der Waals surface area (Å²) in [5.41, 5.74) is 0. The molecule has 0 fully saturated rings. The number of rotatable bonds is 8. The number of benzene rings is 1. The van der Waals surface area contributed by atoms with E-state index in [4.69, 9.17) is 37.4 Å². The van der Waals surface area contributed by atoms with Crippen LogP contribution in [0.3, 0.4) is 0 Å². The van der Waals surface area contributed by atoms with Crippen LogP contribution in [0.25, 0.3) is 0 Å². The minimum atomic E-state index is -1.60. The molecule has 0 aliphatic heterocycles. The van der Waals surface area contributed by atoms with Gasteiger partial charge in [0.2, 0.25) is 0 Å². The predicted octanol–water partition coefficient (Wildman–Crippen LogP) is 2.92. The van der Waals surface area contributed by atoms with E-state index >= 15 is 0 Å². The molecule has 0 saturated heterocycles. The standard InChI is InChI=1S/C16H16Cl2O7/c1-4-22-16(21)15(9(2)24-10(3)19)25-14(20)8-23-13-6-5-11(17)7-12(13)18/h5-7,15H,2,4,8H2,1,3H3. The van der Waals surface area contributed by atoms with E-state index in [0.29, 0.717) is 5.02 Å². The summed E-state index contributed by atoms with van der Waals surface area (Å²) in [5.74, 6) is -2.73. The van der Waals surface area contributed by atoms with Gasteiger partial charge in [0.05, 0.1) is 11.6 Å². The Morgan fingerprint density at radius 1 is 1.24 bits per heavy atom. The highest BCUT2D eigenvalue weighted by atomic mass is 35.5. The van der Waals surface area contributed by atoms with Gasteiger partial charge in [-0.3, -0.25) is 4.79 Å². The molecule has 0 spiro atoms. The van der Waals surface area contributed by atoms with Crippen LogP contribution in [0, 0.1) is 0 Å². The van der Waals surface area contributed by atoms with Crippen LogP contribution in [-0.2, 0) is 28.6 Å². The van der Waals surface area contributed by atoms with E-state index in [1.807, 2.05) is 0 Å². The van der Waals surface area contributed by atoms with Crippen molar-refractivity contribution in [3.8, 4) is 5.75 Å². The van der Waals surface area contributed by atoms with Gasteiger partial charge >= 0.3 is 17.9 Å². The maximum absolute atomic E-state index is 11.9. The molecule has 1 rings (SSSR count). The van der Waals surface area contributed by atoms with E-state index in [-0.39, 0.29) is 23.1 Å². The Kier molecular flexibility index (Phi) is 8.24. The second-order valence-corrected chi connectivity index (χ2v) is 5.39. The number of carbonyl (C=O) groups is 3. The molecule has 25 heavy (non-hydrogen) atoms. The van der Waals surface area contributed by atoms with Crippen molar-refractivity contribution in [3.63, 3.8) is 0 Å². The van der Waals surface area contributed by atoms with Crippen molar-refractivity contribution < 1.29 is 33.3 Å². The van der Waals surface area contributed by atoms with Crippen molar-refractivity contribution in [1.82, 2.24) is 0 Å². The highest BCUT2D eigenvalue weighted by Gasteiger charge is 2.30. The van der Waals surface area contributed by atoms with Crippen LogP contribution in [0.4, 0.5) is 0 Å². The number of hydrogen-bond acceptors (Lipinski definition) is 7. The molecule has 1 unspecified atom stereocenters. The third-order valence-electron chi connectivity index (χ3n) is 2.56. The fraction of sp³-hybridized carbons (Fsp3) is 0.312. The van der Waals surface area contributed by atoms with Gasteiger partial charge in [-0.1, -0.05) is 29.8 Å². The fourth-order valence-electron chi connectivity index (χ4n) is 1.60. The van der Waals surface area contributed by atoms with Gasteiger partial charge in [0.25, 0.3) is 6.10 Å².